The van der Waals surface area contributed by atoms with Gasteiger partial charge in [-0.05, 0) is 13.5 Å². The second-order valence-electron chi connectivity index (χ2n) is 3.34. The second kappa shape index (κ2) is 8.51. The van der Waals surface area contributed by atoms with Gasteiger partial charge in [0.2, 0.25) is 5.91 Å². The van der Waals surface area contributed by atoms with Gasteiger partial charge in [0.05, 0.1) is 13.2 Å². The van der Waals surface area contributed by atoms with Gasteiger partial charge in [0.25, 0.3) is 0 Å². The maximum Gasteiger partial charge on any atom is 0.320 e. The molecule has 98 valence electrons. The molecule has 0 fully saturated rings. The number of carbonyl (C=O) groups excluding carboxylic acids is 3. The van der Waals surface area contributed by atoms with Crippen LogP contribution >= 0.6 is 0 Å². The average molecular weight is 245 g/mol. The van der Waals surface area contributed by atoms with E-state index in [4.69, 9.17) is 10.5 Å². The number of nitrogens with zero attached hydrogens (tertiary/aromatic N) is 1. The first-order chi connectivity index (χ1) is 7.99. The van der Waals surface area contributed by atoms with E-state index in [0.29, 0.717) is 19.7 Å². The minimum atomic E-state index is -0.872. The number of ether oxygens (including phenoxy) is 1. The van der Waals surface area contributed by atoms with E-state index in [-0.39, 0.29) is 18.9 Å². The molecule has 7 heteroatoms. The first kappa shape index (κ1) is 15.4. The Kier molecular flexibility index (Phi) is 7.70. The van der Waals surface area contributed by atoms with Crippen LogP contribution in [0.2, 0.25) is 0 Å². The van der Waals surface area contributed by atoms with Crippen LogP contribution in [0.25, 0.3) is 0 Å². The quantitative estimate of drug-likeness (QED) is 0.586. The van der Waals surface area contributed by atoms with Gasteiger partial charge < -0.3 is 10.5 Å². The Bertz CT molecular complexity index is 281. The highest BCUT2D eigenvalue weighted by molar-refractivity contribution is 5.93. The predicted molar refractivity (Wildman–Crippen MR) is 61.1 cm³/mol. The summed E-state index contributed by atoms with van der Waals surface area (Å²) in [5, 5.41) is 1.96. The number of likely N-dealkylation sites (N-methyl/N-ethyl adjacent to an activating group) is 1. The predicted octanol–water partition coefficient (Wildman–Crippen LogP) is -0.544. The number of esters is 1. The summed E-state index contributed by atoms with van der Waals surface area (Å²) in [4.78, 5) is 34.5. The van der Waals surface area contributed by atoms with Gasteiger partial charge >= 0.3 is 12.0 Å². The largest absolute Gasteiger partial charge is 0.465 e. The zero-order valence-corrected chi connectivity index (χ0v) is 10.2. The number of imide groups is 1. The van der Waals surface area contributed by atoms with Crippen molar-refractivity contribution < 1.29 is 19.1 Å². The molecule has 0 saturated heterocycles. The molecule has 0 aliphatic carbocycles. The van der Waals surface area contributed by atoms with Gasteiger partial charge in [-0.3, -0.25) is 19.8 Å². The van der Waals surface area contributed by atoms with E-state index >= 15 is 0 Å². The van der Waals surface area contributed by atoms with E-state index in [1.54, 1.807) is 11.8 Å². The fraction of sp³-hybridized carbons (Fsp3) is 0.700. The number of nitrogens with one attached hydrogen (secondary N) is 1. The molecule has 3 N–H and O–H groups in total. The molecule has 0 heterocycles. The van der Waals surface area contributed by atoms with Crippen LogP contribution in [0.15, 0.2) is 0 Å². The van der Waals surface area contributed by atoms with Gasteiger partial charge in [-0.25, -0.2) is 4.79 Å². The van der Waals surface area contributed by atoms with Crippen molar-refractivity contribution in [3.05, 3.63) is 0 Å². The summed E-state index contributed by atoms with van der Waals surface area (Å²) in [6, 6.07) is -0.872. The van der Waals surface area contributed by atoms with Crippen LogP contribution in [-0.2, 0) is 14.3 Å². The molecule has 0 aromatic rings. The Morgan fingerprint density at radius 3 is 2.41 bits per heavy atom. The molecule has 0 unspecified atom stereocenters. The van der Waals surface area contributed by atoms with Gasteiger partial charge in [0, 0.05) is 13.0 Å². The van der Waals surface area contributed by atoms with E-state index in [9.17, 15) is 14.4 Å². The van der Waals surface area contributed by atoms with Crippen molar-refractivity contribution in [1.82, 2.24) is 10.2 Å². The number of amides is 3. The molecule has 7 nitrogen and oxygen atoms in total. The molecule has 0 aromatic heterocycles. The van der Waals surface area contributed by atoms with Crippen molar-refractivity contribution in [1.29, 1.82) is 0 Å². The SMILES string of the molecule is CCOC(=O)CN(CC)CCC(=O)NC(N)=O. The van der Waals surface area contributed by atoms with Gasteiger partial charge in [0.15, 0.2) is 0 Å². The van der Waals surface area contributed by atoms with Gasteiger partial charge in [-0.2, -0.15) is 0 Å². The number of nitrogens with two attached hydrogens (primary N) is 1. The lowest BCUT2D eigenvalue weighted by Gasteiger charge is -2.18. The fourth-order valence-corrected chi connectivity index (χ4v) is 1.20. The molecule has 0 aromatic carbocycles. The smallest absolute Gasteiger partial charge is 0.320 e. The molecule has 0 spiro atoms. The molecule has 0 saturated carbocycles. The van der Waals surface area contributed by atoms with Crippen molar-refractivity contribution >= 4 is 17.9 Å². The zero-order chi connectivity index (χ0) is 13.3. The summed E-state index contributed by atoms with van der Waals surface area (Å²) < 4.78 is 4.79. The minimum absolute atomic E-state index is 0.107. The van der Waals surface area contributed by atoms with E-state index < -0.39 is 11.9 Å². The van der Waals surface area contributed by atoms with Gasteiger partial charge in [-0.1, -0.05) is 6.92 Å². The van der Waals surface area contributed by atoms with Crippen LogP contribution in [0.1, 0.15) is 20.3 Å². The van der Waals surface area contributed by atoms with Crippen molar-refractivity contribution in [2.24, 2.45) is 5.73 Å². The molecule has 17 heavy (non-hydrogen) atoms. The molecule has 3 amide bonds. The number of hydrogen-bond donors (Lipinski definition) is 2. The van der Waals surface area contributed by atoms with Gasteiger partial charge in [0.1, 0.15) is 0 Å². The topological polar surface area (TPSA) is 102 Å². The van der Waals surface area contributed by atoms with Crippen molar-refractivity contribution in [3.8, 4) is 0 Å². The third kappa shape index (κ3) is 8.21. The van der Waals surface area contributed by atoms with Crippen molar-refractivity contribution in [2.75, 3.05) is 26.2 Å². The van der Waals surface area contributed by atoms with Crippen molar-refractivity contribution in [2.45, 2.75) is 20.3 Å². The Morgan fingerprint density at radius 2 is 1.94 bits per heavy atom. The molecular weight excluding hydrogens is 226 g/mol. The molecule has 0 rings (SSSR count). The first-order valence-corrected chi connectivity index (χ1v) is 5.46. The lowest BCUT2D eigenvalue weighted by molar-refractivity contribution is -0.144. The highest BCUT2D eigenvalue weighted by Crippen LogP contribution is 1.93. The summed E-state index contributed by atoms with van der Waals surface area (Å²) >= 11 is 0. The van der Waals surface area contributed by atoms with Crippen LogP contribution in [0.5, 0.6) is 0 Å². The Morgan fingerprint density at radius 1 is 1.29 bits per heavy atom. The highest BCUT2D eigenvalue weighted by Gasteiger charge is 2.12. The monoisotopic (exact) mass is 245 g/mol. The van der Waals surface area contributed by atoms with Crippen LogP contribution in [-0.4, -0.2) is 49.0 Å². The molecule has 0 bridgehead atoms. The van der Waals surface area contributed by atoms with Crippen molar-refractivity contribution in [3.63, 3.8) is 0 Å². The number of primary amides is 1. The Balaban J connectivity index is 3.93. The summed E-state index contributed by atoms with van der Waals surface area (Å²) in [6.45, 7) is 5.05. The fourth-order valence-electron chi connectivity index (χ4n) is 1.20. The Labute approximate surface area is 100 Å². The highest BCUT2D eigenvalue weighted by atomic mass is 16.5. The standard InChI is InChI=1S/C10H19N3O4/c1-3-13(7-9(15)17-4-2)6-5-8(14)12-10(11)16/h3-7H2,1-2H3,(H3,11,12,14,16). The lowest BCUT2D eigenvalue weighted by atomic mass is 10.3. The van der Waals surface area contributed by atoms with Crippen LogP contribution in [0, 0.1) is 0 Å². The van der Waals surface area contributed by atoms with E-state index in [2.05, 4.69) is 0 Å². The molecule has 0 aliphatic rings. The summed E-state index contributed by atoms with van der Waals surface area (Å²) in [5.74, 6) is -0.788. The van der Waals surface area contributed by atoms with E-state index in [1.165, 1.54) is 0 Å². The van der Waals surface area contributed by atoms with Crippen LogP contribution in [0.3, 0.4) is 0 Å². The third-order valence-electron chi connectivity index (χ3n) is 2.02. The van der Waals surface area contributed by atoms with E-state index in [0.717, 1.165) is 0 Å². The third-order valence-corrected chi connectivity index (χ3v) is 2.02. The normalized spacial score (nSPS) is 10.1. The summed E-state index contributed by atoms with van der Waals surface area (Å²) in [7, 11) is 0. The number of hydrogen-bond acceptors (Lipinski definition) is 5. The molecule has 0 aliphatic heterocycles. The molecule has 0 atom stereocenters. The number of carbonyl (C=O) groups is 3. The number of urea groups is 1. The molecular formula is C10H19N3O4. The maximum absolute atomic E-state index is 11.2. The Hall–Kier alpha value is -1.63. The average Bonchev–Trinajstić information content (AvgIpc) is 2.23. The van der Waals surface area contributed by atoms with E-state index in [1.807, 2.05) is 12.2 Å². The summed E-state index contributed by atoms with van der Waals surface area (Å²) in [6.07, 6.45) is 0.107. The minimum Gasteiger partial charge on any atom is -0.465 e. The van der Waals surface area contributed by atoms with Crippen LogP contribution in [0.4, 0.5) is 4.79 Å². The van der Waals surface area contributed by atoms with Gasteiger partial charge in [-0.15, -0.1) is 0 Å². The lowest BCUT2D eigenvalue weighted by Crippen LogP contribution is -2.38. The van der Waals surface area contributed by atoms with Crippen LogP contribution < -0.4 is 11.1 Å². The first-order valence-electron chi connectivity index (χ1n) is 5.46. The second-order valence-corrected chi connectivity index (χ2v) is 3.34. The molecule has 0 radical (unpaired) electrons. The summed E-state index contributed by atoms with van der Waals surface area (Å²) in [5.41, 5.74) is 4.79. The zero-order valence-electron chi connectivity index (χ0n) is 10.2. The maximum atomic E-state index is 11.2. The number of rotatable bonds is 7.